The smallest absolute Gasteiger partial charge is 0.155 e. The van der Waals surface area contributed by atoms with Crippen molar-refractivity contribution in [3.8, 4) is 0 Å². The Hall–Kier alpha value is -1.90. The molecule has 0 fully saturated rings. The molecule has 0 spiro atoms. The minimum absolute atomic E-state index is 0.173. The highest BCUT2D eigenvalue weighted by Crippen LogP contribution is 2.32. The lowest BCUT2D eigenvalue weighted by molar-refractivity contribution is -0.115. The molecule has 3 heteroatoms. The Balaban J connectivity index is 2.08. The van der Waals surface area contributed by atoms with Crippen LogP contribution in [0.5, 0.6) is 0 Å². The number of ketones is 1. The molecule has 1 aromatic carbocycles. The molecular weight excluding hydrogens is 217 g/mol. The number of rotatable bonds is 1. The quantitative estimate of drug-likeness (QED) is 0.799. The molecular formula is C14H12FNO. The van der Waals surface area contributed by atoms with Gasteiger partial charge in [0.1, 0.15) is 5.82 Å². The third kappa shape index (κ3) is 1.78. The molecule has 17 heavy (non-hydrogen) atoms. The zero-order chi connectivity index (χ0) is 11.8. The van der Waals surface area contributed by atoms with Gasteiger partial charge < -0.3 is 4.98 Å². The van der Waals surface area contributed by atoms with Crippen LogP contribution >= 0.6 is 0 Å². The molecule has 0 saturated carbocycles. The number of carbonyl (C=O) groups excluding carboxylic acids is 1. The topological polar surface area (TPSA) is 32.9 Å². The maximum atomic E-state index is 13.2. The lowest BCUT2D eigenvalue weighted by Gasteiger charge is -2.14. The number of hydrogen-bond donors (Lipinski definition) is 1. The molecule has 0 saturated heterocycles. The maximum absolute atomic E-state index is 13.2. The fraction of sp³-hybridized carbons (Fsp3) is 0.214. The lowest BCUT2D eigenvalue weighted by Crippen LogP contribution is -2.05. The van der Waals surface area contributed by atoms with E-state index in [1.54, 1.807) is 18.2 Å². The van der Waals surface area contributed by atoms with Crippen LogP contribution in [0.25, 0.3) is 10.9 Å². The van der Waals surface area contributed by atoms with Crippen molar-refractivity contribution in [2.75, 3.05) is 0 Å². The van der Waals surface area contributed by atoms with Crippen LogP contribution in [0.3, 0.4) is 0 Å². The molecule has 0 amide bonds. The number of aromatic amines is 1. The van der Waals surface area contributed by atoms with Gasteiger partial charge in [0.2, 0.25) is 0 Å². The summed E-state index contributed by atoms with van der Waals surface area (Å²) in [5.41, 5.74) is 2.01. The van der Waals surface area contributed by atoms with Crippen molar-refractivity contribution in [1.29, 1.82) is 0 Å². The first kappa shape index (κ1) is 10.3. The Morgan fingerprint density at radius 2 is 2.24 bits per heavy atom. The monoisotopic (exact) mass is 229 g/mol. The number of aromatic nitrogens is 1. The summed E-state index contributed by atoms with van der Waals surface area (Å²) in [5, 5.41) is 0.911. The van der Waals surface area contributed by atoms with E-state index in [1.807, 2.05) is 12.3 Å². The fourth-order valence-corrected chi connectivity index (χ4v) is 2.38. The second-order valence-corrected chi connectivity index (χ2v) is 4.40. The highest BCUT2D eigenvalue weighted by Gasteiger charge is 2.18. The van der Waals surface area contributed by atoms with Crippen molar-refractivity contribution in [2.45, 2.75) is 18.8 Å². The van der Waals surface area contributed by atoms with E-state index >= 15 is 0 Å². The molecule has 2 nitrogen and oxygen atoms in total. The fourth-order valence-electron chi connectivity index (χ4n) is 2.38. The van der Waals surface area contributed by atoms with E-state index in [4.69, 9.17) is 0 Å². The number of halogens is 1. The molecule has 1 atom stereocenters. The van der Waals surface area contributed by atoms with Crippen molar-refractivity contribution >= 4 is 16.7 Å². The molecule has 2 aromatic rings. The molecule has 1 aliphatic rings. The molecule has 0 aliphatic heterocycles. The van der Waals surface area contributed by atoms with Crippen molar-refractivity contribution in [3.63, 3.8) is 0 Å². The van der Waals surface area contributed by atoms with Gasteiger partial charge in [0.05, 0.1) is 0 Å². The van der Waals surface area contributed by atoms with Gasteiger partial charge in [-0.15, -0.1) is 0 Å². The first-order valence-corrected chi connectivity index (χ1v) is 5.71. The van der Waals surface area contributed by atoms with E-state index in [0.29, 0.717) is 6.42 Å². The Morgan fingerprint density at radius 3 is 3.00 bits per heavy atom. The zero-order valence-corrected chi connectivity index (χ0v) is 9.24. The second-order valence-electron chi connectivity index (χ2n) is 4.40. The highest BCUT2D eigenvalue weighted by atomic mass is 19.1. The molecule has 0 radical (unpaired) electrons. The van der Waals surface area contributed by atoms with Crippen LogP contribution in [0.2, 0.25) is 0 Å². The van der Waals surface area contributed by atoms with Crippen LogP contribution in [0, 0.1) is 5.82 Å². The Labute approximate surface area is 98.1 Å². The molecule has 0 bridgehead atoms. The number of fused-ring (bicyclic) bond motifs is 1. The molecule has 1 aliphatic carbocycles. The summed E-state index contributed by atoms with van der Waals surface area (Å²) in [6.45, 7) is 0. The average Bonchev–Trinajstić information content (AvgIpc) is 2.73. The van der Waals surface area contributed by atoms with Gasteiger partial charge in [-0.1, -0.05) is 6.08 Å². The maximum Gasteiger partial charge on any atom is 0.155 e. The summed E-state index contributed by atoms with van der Waals surface area (Å²) in [7, 11) is 0. The Morgan fingerprint density at radius 1 is 1.35 bits per heavy atom. The zero-order valence-electron chi connectivity index (χ0n) is 9.24. The molecule has 1 aromatic heterocycles. The summed E-state index contributed by atoms with van der Waals surface area (Å²) in [6.07, 6.45) is 6.84. The molecule has 1 N–H and O–H groups in total. The number of H-pyrrole nitrogens is 1. The van der Waals surface area contributed by atoms with Crippen LogP contribution < -0.4 is 0 Å². The average molecular weight is 229 g/mol. The summed E-state index contributed by atoms with van der Waals surface area (Å²) < 4.78 is 13.2. The summed E-state index contributed by atoms with van der Waals surface area (Å²) >= 11 is 0. The van der Waals surface area contributed by atoms with Gasteiger partial charge in [-0.2, -0.15) is 0 Å². The van der Waals surface area contributed by atoms with Gasteiger partial charge in [-0.3, -0.25) is 4.79 Å². The summed E-state index contributed by atoms with van der Waals surface area (Å²) in [4.78, 5) is 14.3. The predicted molar refractivity (Wildman–Crippen MR) is 64.4 cm³/mol. The number of hydrogen-bond acceptors (Lipinski definition) is 1. The van der Waals surface area contributed by atoms with Crippen LogP contribution in [0.1, 0.15) is 24.3 Å². The Bertz CT molecular complexity index is 612. The SMILES string of the molecule is O=C1C=CC(c2c[nH]c3ccc(F)cc23)CC1. The van der Waals surface area contributed by atoms with E-state index < -0.39 is 0 Å². The molecule has 86 valence electrons. The van der Waals surface area contributed by atoms with Crippen molar-refractivity contribution in [2.24, 2.45) is 0 Å². The number of carbonyl (C=O) groups is 1. The van der Waals surface area contributed by atoms with Gasteiger partial charge in [-0.25, -0.2) is 4.39 Å². The van der Waals surface area contributed by atoms with Crippen molar-refractivity contribution < 1.29 is 9.18 Å². The van der Waals surface area contributed by atoms with Crippen LogP contribution in [-0.4, -0.2) is 10.8 Å². The highest BCUT2D eigenvalue weighted by molar-refractivity contribution is 5.91. The minimum Gasteiger partial charge on any atom is -0.361 e. The minimum atomic E-state index is -0.228. The third-order valence-corrected chi connectivity index (χ3v) is 3.29. The Kier molecular flexibility index (Phi) is 2.32. The van der Waals surface area contributed by atoms with Gasteiger partial charge in [0, 0.05) is 29.4 Å². The van der Waals surface area contributed by atoms with Gasteiger partial charge in [0.15, 0.2) is 5.78 Å². The van der Waals surface area contributed by atoms with Crippen LogP contribution in [0.15, 0.2) is 36.5 Å². The second kappa shape index (κ2) is 3.84. The van der Waals surface area contributed by atoms with Crippen molar-refractivity contribution in [3.05, 3.63) is 47.9 Å². The number of allylic oxidation sites excluding steroid dienone is 2. The predicted octanol–water partition coefficient (Wildman–Crippen LogP) is 3.31. The van der Waals surface area contributed by atoms with E-state index in [2.05, 4.69) is 4.98 Å². The largest absolute Gasteiger partial charge is 0.361 e. The van der Waals surface area contributed by atoms with Crippen LogP contribution in [-0.2, 0) is 4.79 Å². The van der Waals surface area contributed by atoms with E-state index in [-0.39, 0.29) is 17.5 Å². The van der Waals surface area contributed by atoms with Crippen molar-refractivity contribution in [1.82, 2.24) is 4.98 Å². The lowest BCUT2D eigenvalue weighted by atomic mass is 9.89. The first-order valence-electron chi connectivity index (χ1n) is 5.71. The van der Waals surface area contributed by atoms with E-state index in [9.17, 15) is 9.18 Å². The van der Waals surface area contributed by atoms with Crippen LogP contribution in [0.4, 0.5) is 4.39 Å². The summed E-state index contributed by atoms with van der Waals surface area (Å²) in [5.74, 6) is 0.157. The summed E-state index contributed by atoms with van der Waals surface area (Å²) in [6, 6.07) is 4.74. The van der Waals surface area contributed by atoms with E-state index in [1.165, 1.54) is 6.07 Å². The molecule has 1 unspecified atom stereocenters. The van der Waals surface area contributed by atoms with Gasteiger partial charge in [0.25, 0.3) is 0 Å². The standard InChI is InChI=1S/C14H12FNO/c15-10-3-6-14-12(7-10)13(8-16-14)9-1-4-11(17)5-2-9/h1,3-4,6-9,16H,2,5H2. The third-order valence-electron chi connectivity index (χ3n) is 3.29. The number of nitrogens with one attached hydrogen (secondary N) is 1. The van der Waals surface area contributed by atoms with Gasteiger partial charge >= 0.3 is 0 Å². The number of benzene rings is 1. The normalized spacial score (nSPS) is 20.1. The molecule has 3 rings (SSSR count). The molecule has 1 heterocycles. The van der Waals surface area contributed by atoms with Gasteiger partial charge in [-0.05, 0) is 36.3 Å². The van der Waals surface area contributed by atoms with E-state index in [0.717, 1.165) is 22.9 Å². The first-order chi connectivity index (χ1) is 8.24.